The van der Waals surface area contributed by atoms with E-state index in [0.29, 0.717) is 10.6 Å². The van der Waals surface area contributed by atoms with E-state index in [1.165, 1.54) is 0 Å². The van der Waals surface area contributed by atoms with E-state index in [2.05, 4.69) is 10.2 Å². The van der Waals surface area contributed by atoms with Gasteiger partial charge in [-0.1, -0.05) is 12.1 Å². The number of nitrogens with one attached hydrogen (secondary N) is 1. The van der Waals surface area contributed by atoms with Gasteiger partial charge in [-0.15, -0.1) is 0 Å². The Bertz CT molecular complexity index is 1070. The molecule has 1 aliphatic rings. The SMILES string of the molecule is COc1ccc(-c2n[nH]c(=S)n2CC(=O)N2CCCC2c2ccc(OC)cc2)cc1. The van der Waals surface area contributed by atoms with E-state index < -0.39 is 0 Å². The molecule has 1 saturated heterocycles. The van der Waals surface area contributed by atoms with Gasteiger partial charge in [-0.05, 0) is 67.0 Å². The highest BCUT2D eigenvalue weighted by atomic mass is 32.1. The van der Waals surface area contributed by atoms with Crippen molar-refractivity contribution in [3.8, 4) is 22.9 Å². The quantitative estimate of drug-likeness (QED) is 0.606. The van der Waals surface area contributed by atoms with Gasteiger partial charge in [0.1, 0.15) is 18.0 Å². The van der Waals surface area contributed by atoms with Gasteiger partial charge in [-0.25, -0.2) is 0 Å². The second-order valence-electron chi connectivity index (χ2n) is 7.19. The number of ether oxygens (including phenoxy) is 2. The highest BCUT2D eigenvalue weighted by Gasteiger charge is 2.30. The lowest BCUT2D eigenvalue weighted by atomic mass is 10.0. The number of likely N-dealkylation sites (tertiary alicyclic amines) is 1. The van der Waals surface area contributed by atoms with Gasteiger partial charge in [0.05, 0.1) is 20.3 Å². The summed E-state index contributed by atoms with van der Waals surface area (Å²) in [6.45, 7) is 0.877. The first-order valence-corrected chi connectivity index (χ1v) is 10.2. The number of nitrogens with zero attached hydrogens (tertiary/aromatic N) is 3. The molecule has 0 saturated carbocycles. The van der Waals surface area contributed by atoms with E-state index >= 15 is 0 Å². The molecule has 1 unspecified atom stereocenters. The van der Waals surface area contributed by atoms with Crippen LogP contribution >= 0.6 is 12.2 Å². The molecule has 30 heavy (non-hydrogen) atoms. The van der Waals surface area contributed by atoms with Crippen molar-refractivity contribution in [2.75, 3.05) is 20.8 Å². The lowest BCUT2D eigenvalue weighted by molar-refractivity contribution is -0.132. The Hall–Kier alpha value is -3.13. The number of hydrogen-bond acceptors (Lipinski definition) is 5. The lowest BCUT2D eigenvalue weighted by Crippen LogP contribution is -2.33. The van der Waals surface area contributed by atoms with E-state index in [9.17, 15) is 4.79 Å². The molecule has 1 atom stereocenters. The van der Waals surface area contributed by atoms with Gasteiger partial charge >= 0.3 is 0 Å². The van der Waals surface area contributed by atoms with Crippen LogP contribution in [-0.2, 0) is 11.3 Å². The number of methoxy groups -OCH3 is 2. The minimum atomic E-state index is 0.0283. The van der Waals surface area contributed by atoms with Gasteiger partial charge < -0.3 is 14.4 Å². The second kappa shape index (κ2) is 8.71. The van der Waals surface area contributed by atoms with Crippen LogP contribution < -0.4 is 9.47 Å². The van der Waals surface area contributed by atoms with Crippen molar-refractivity contribution < 1.29 is 14.3 Å². The van der Waals surface area contributed by atoms with E-state index in [1.54, 1.807) is 18.8 Å². The number of aromatic nitrogens is 3. The van der Waals surface area contributed by atoms with Crippen LogP contribution in [-0.4, -0.2) is 46.3 Å². The predicted molar refractivity (Wildman–Crippen MR) is 116 cm³/mol. The number of H-pyrrole nitrogens is 1. The third-order valence-electron chi connectivity index (χ3n) is 5.47. The van der Waals surface area contributed by atoms with Gasteiger partial charge in [-0.3, -0.25) is 14.5 Å². The molecule has 0 aliphatic carbocycles. The molecule has 8 heteroatoms. The van der Waals surface area contributed by atoms with E-state index in [0.717, 1.165) is 42.0 Å². The van der Waals surface area contributed by atoms with Crippen molar-refractivity contribution in [1.82, 2.24) is 19.7 Å². The standard InChI is InChI=1S/C22H24N4O3S/c1-28-17-9-5-15(6-10-17)19-4-3-13-25(19)20(27)14-26-21(23-24-22(26)30)16-7-11-18(29-2)12-8-16/h5-12,19H,3-4,13-14H2,1-2H3,(H,24,30). The molecule has 1 aromatic heterocycles. The minimum Gasteiger partial charge on any atom is -0.497 e. The molecule has 1 aliphatic heterocycles. The summed E-state index contributed by atoms with van der Waals surface area (Å²) >= 11 is 5.40. The largest absolute Gasteiger partial charge is 0.497 e. The van der Waals surface area contributed by atoms with Crippen LogP contribution in [0, 0.1) is 4.77 Å². The third-order valence-corrected chi connectivity index (χ3v) is 5.79. The van der Waals surface area contributed by atoms with Crippen molar-refractivity contribution >= 4 is 18.1 Å². The number of rotatable bonds is 6. The number of aromatic amines is 1. The molecule has 7 nitrogen and oxygen atoms in total. The fourth-order valence-corrected chi connectivity index (χ4v) is 4.09. The summed E-state index contributed by atoms with van der Waals surface area (Å²) in [6, 6.07) is 15.5. The molecular weight excluding hydrogens is 400 g/mol. The molecule has 4 rings (SSSR count). The van der Waals surface area contributed by atoms with Crippen molar-refractivity contribution in [2.24, 2.45) is 0 Å². The fourth-order valence-electron chi connectivity index (χ4n) is 3.89. The van der Waals surface area contributed by atoms with E-state index in [4.69, 9.17) is 21.7 Å². The zero-order chi connectivity index (χ0) is 21.1. The molecule has 0 bridgehead atoms. The smallest absolute Gasteiger partial charge is 0.243 e. The number of carbonyl (C=O) groups is 1. The monoisotopic (exact) mass is 424 g/mol. The average molecular weight is 425 g/mol. The minimum absolute atomic E-state index is 0.0283. The van der Waals surface area contributed by atoms with Gasteiger partial charge in [0, 0.05) is 12.1 Å². The highest BCUT2D eigenvalue weighted by Crippen LogP contribution is 2.33. The molecule has 1 amide bonds. The maximum absolute atomic E-state index is 13.2. The first kappa shape index (κ1) is 20.2. The van der Waals surface area contributed by atoms with Gasteiger partial charge in [0.25, 0.3) is 0 Å². The summed E-state index contributed by atoms with van der Waals surface area (Å²) < 4.78 is 12.6. The van der Waals surface area contributed by atoms with Crippen molar-refractivity contribution in [3.63, 3.8) is 0 Å². The Balaban J connectivity index is 1.56. The molecule has 2 heterocycles. The summed E-state index contributed by atoms with van der Waals surface area (Å²) in [4.78, 5) is 15.2. The van der Waals surface area contributed by atoms with Crippen LogP contribution in [0.3, 0.4) is 0 Å². The van der Waals surface area contributed by atoms with Gasteiger partial charge in [0.2, 0.25) is 5.91 Å². The molecule has 3 aromatic rings. The Morgan fingerprint density at radius 1 is 1.10 bits per heavy atom. The predicted octanol–water partition coefficient (Wildman–Crippen LogP) is 3.99. The molecule has 0 radical (unpaired) electrons. The van der Waals surface area contributed by atoms with Crippen LogP contribution in [0.2, 0.25) is 0 Å². The van der Waals surface area contributed by atoms with E-state index in [1.807, 2.05) is 53.4 Å². The van der Waals surface area contributed by atoms with Crippen LogP contribution in [0.4, 0.5) is 0 Å². The van der Waals surface area contributed by atoms with Crippen LogP contribution in [0.15, 0.2) is 48.5 Å². The first-order valence-electron chi connectivity index (χ1n) is 9.83. The second-order valence-corrected chi connectivity index (χ2v) is 7.57. The number of hydrogen-bond donors (Lipinski definition) is 1. The van der Waals surface area contributed by atoms with Crippen LogP contribution in [0.25, 0.3) is 11.4 Å². The first-order chi connectivity index (χ1) is 14.6. The summed E-state index contributed by atoms with van der Waals surface area (Å²) in [7, 11) is 3.27. The molecule has 1 fully saturated rings. The zero-order valence-corrected chi connectivity index (χ0v) is 17.8. The zero-order valence-electron chi connectivity index (χ0n) is 17.0. The van der Waals surface area contributed by atoms with E-state index in [-0.39, 0.29) is 18.5 Å². The molecule has 0 spiro atoms. The topological polar surface area (TPSA) is 72.4 Å². The van der Waals surface area contributed by atoms with Gasteiger partial charge in [0.15, 0.2) is 10.6 Å². The molecular formula is C22H24N4O3S. The highest BCUT2D eigenvalue weighted by molar-refractivity contribution is 7.71. The summed E-state index contributed by atoms with van der Waals surface area (Å²) in [5.41, 5.74) is 1.98. The maximum Gasteiger partial charge on any atom is 0.243 e. The molecule has 156 valence electrons. The Morgan fingerprint density at radius 3 is 2.37 bits per heavy atom. The van der Waals surface area contributed by atoms with Gasteiger partial charge in [-0.2, -0.15) is 5.10 Å². The summed E-state index contributed by atoms with van der Waals surface area (Å²) in [6.07, 6.45) is 1.92. The normalized spacial score (nSPS) is 15.9. The average Bonchev–Trinajstić information content (AvgIpc) is 3.41. The fraction of sp³-hybridized carbons (Fsp3) is 0.318. The number of carbonyl (C=O) groups excluding carboxylic acids is 1. The Kier molecular flexibility index (Phi) is 5.85. The van der Waals surface area contributed by atoms with Crippen molar-refractivity contribution in [3.05, 3.63) is 58.9 Å². The number of benzene rings is 2. The Morgan fingerprint density at radius 2 is 1.73 bits per heavy atom. The maximum atomic E-state index is 13.2. The summed E-state index contributed by atoms with van der Waals surface area (Å²) in [5.74, 6) is 2.23. The molecule has 1 N–H and O–H groups in total. The number of amides is 1. The molecule has 2 aromatic carbocycles. The van der Waals surface area contributed by atoms with Crippen LogP contribution in [0.5, 0.6) is 11.5 Å². The Labute approximate surface area is 180 Å². The third kappa shape index (κ3) is 3.95. The van der Waals surface area contributed by atoms with Crippen molar-refractivity contribution in [2.45, 2.75) is 25.4 Å². The summed E-state index contributed by atoms with van der Waals surface area (Å²) in [5, 5.41) is 7.15. The lowest BCUT2D eigenvalue weighted by Gasteiger charge is -2.25. The van der Waals surface area contributed by atoms with Crippen molar-refractivity contribution in [1.29, 1.82) is 0 Å². The van der Waals surface area contributed by atoms with Crippen LogP contribution in [0.1, 0.15) is 24.4 Å².